The van der Waals surface area contributed by atoms with Gasteiger partial charge in [-0.05, 0) is 46.8 Å². The van der Waals surface area contributed by atoms with Crippen molar-refractivity contribution in [3.63, 3.8) is 0 Å². The summed E-state index contributed by atoms with van der Waals surface area (Å²) in [5, 5.41) is 14.9. The van der Waals surface area contributed by atoms with E-state index in [1.807, 2.05) is 40.7 Å². The molecule has 1 heterocycles. The molecule has 0 saturated carbocycles. The molecule has 1 aromatic rings. The molecule has 0 spiro atoms. The highest BCUT2D eigenvalue weighted by Crippen LogP contribution is 2.10. The largest absolute Gasteiger partial charge is 0.462 e. The number of aliphatic hydroxyl groups excluding tert-OH is 1. The van der Waals surface area contributed by atoms with Crippen molar-refractivity contribution in [1.29, 1.82) is 0 Å². The molecule has 0 aromatic carbocycles. The fraction of sp³-hybridized carbons (Fsp3) is 0.667. The molecule has 21 heavy (non-hydrogen) atoms. The molecule has 1 rings (SSSR count). The molecular formula is C15H26N2O4. The Morgan fingerprint density at radius 2 is 1.86 bits per heavy atom. The molecule has 0 fully saturated rings. The summed E-state index contributed by atoms with van der Waals surface area (Å²) in [6.45, 7) is 10.3. The fourth-order valence-electron chi connectivity index (χ4n) is 1.72. The molecule has 0 bridgehead atoms. The summed E-state index contributed by atoms with van der Waals surface area (Å²) in [6, 6.07) is 3.55. The lowest BCUT2D eigenvalue weighted by Crippen LogP contribution is -2.51. The molecule has 3 N–H and O–H groups in total. The van der Waals surface area contributed by atoms with E-state index >= 15 is 0 Å². The van der Waals surface area contributed by atoms with E-state index in [1.54, 1.807) is 6.07 Å². The highest BCUT2D eigenvalue weighted by molar-refractivity contribution is 5.68. The third-order valence-corrected chi connectivity index (χ3v) is 2.58. The summed E-state index contributed by atoms with van der Waals surface area (Å²) in [4.78, 5) is 11.7. The zero-order chi connectivity index (χ0) is 16.1. The van der Waals surface area contributed by atoms with Gasteiger partial charge in [-0.3, -0.25) is 0 Å². The molecule has 1 aromatic heterocycles. The summed E-state index contributed by atoms with van der Waals surface area (Å²) in [5.74, 6) is 1.28. The number of carbonyl (C=O) groups is 1. The van der Waals surface area contributed by atoms with Crippen LogP contribution in [0.5, 0.6) is 0 Å². The summed E-state index contributed by atoms with van der Waals surface area (Å²) in [5.41, 5.74) is -0.961. The van der Waals surface area contributed by atoms with Crippen LogP contribution in [0.2, 0.25) is 0 Å². The highest BCUT2D eigenvalue weighted by atomic mass is 16.6. The van der Waals surface area contributed by atoms with E-state index in [4.69, 9.17) is 14.3 Å². The van der Waals surface area contributed by atoms with Crippen molar-refractivity contribution in [2.75, 3.05) is 6.54 Å². The lowest BCUT2D eigenvalue weighted by atomic mass is 10.1. The van der Waals surface area contributed by atoms with E-state index in [-0.39, 0.29) is 6.61 Å². The van der Waals surface area contributed by atoms with Gasteiger partial charge in [0.05, 0.1) is 12.1 Å². The van der Waals surface area contributed by atoms with Crippen molar-refractivity contribution >= 4 is 6.09 Å². The number of nitrogens with one attached hydrogen (secondary N) is 2. The molecule has 120 valence electrons. The van der Waals surface area contributed by atoms with Crippen molar-refractivity contribution in [2.45, 2.75) is 58.9 Å². The third-order valence-electron chi connectivity index (χ3n) is 2.58. The minimum absolute atomic E-state index is 0.105. The maximum Gasteiger partial charge on any atom is 0.408 e. The molecule has 1 amide bonds. The van der Waals surface area contributed by atoms with Crippen LogP contribution in [0.4, 0.5) is 4.79 Å². The number of hydrogen-bond acceptors (Lipinski definition) is 5. The number of alkyl carbamates (subject to hydrolysis) is 1. The Bertz CT molecular complexity index is 460. The van der Waals surface area contributed by atoms with Crippen LogP contribution in [0.25, 0.3) is 0 Å². The van der Waals surface area contributed by atoms with Gasteiger partial charge in [0.15, 0.2) is 0 Å². The van der Waals surface area contributed by atoms with Gasteiger partial charge in [-0.2, -0.15) is 0 Å². The predicted octanol–water partition coefficient (Wildman–Crippen LogP) is 2.16. The average Bonchev–Trinajstić information content (AvgIpc) is 2.73. The van der Waals surface area contributed by atoms with Crippen LogP contribution in [0, 0.1) is 0 Å². The number of hydrogen-bond donors (Lipinski definition) is 3. The number of ether oxygens (including phenoxy) is 1. The van der Waals surface area contributed by atoms with Gasteiger partial charge in [0.1, 0.15) is 23.7 Å². The minimum atomic E-state index is -0.511. The molecular weight excluding hydrogens is 272 g/mol. The smallest absolute Gasteiger partial charge is 0.408 e. The Hall–Kier alpha value is -1.53. The molecule has 0 atom stereocenters. The first kappa shape index (κ1) is 17.5. The Morgan fingerprint density at radius 3 is 2.38 bits per heavy atom. The second-order valence-electron chi connectivity index (χ2n) is 6.64. The Morgan fingerprint density at radius 1 is 1.24 bits per heavy atom. The standard InChI is InChI=1S/C15H26N2O4/c1-14(2,3)21-13(19)17-15(4,5)10-16-8-11-6-7-12(9-18)20-11/h6-7,16,18H,8-10H2,1-5H3,(H,17,19). The van der Waals surface area contributed by atoms with E-state index in [9.17, 15) is 4.79 Å². The zero-order valence-corrected chi connectivity index (χ0v) is 13.4. The fourth-order valence-corrected chi connectivity index (χ4v) is 1.72. The maximum absolute atomic E-state index is 11.7. The van der Waals surface area contributed by atoms with Crippen LogP contribution in [0.3, 0.4) is 0 Å². The Kier molecular flexibility index (Phi) is 5.80. The van der Waals surface area contributed by atoms with Gasteiger partial charge < -0.3 is 24.9 Å². The van der Waals surface area contributed by atoms with Crippen LogP contribution < -0.4 is 10.6 Å². The first-order valence-corrected chi connectivity index (χ1v) is 7.02. The van der Waals surface area contributed by atoms with E-state index < -0.39 is 17.2 Å². The molecule has 6 heteroatoms. The summed E-state index contributed by atoms with van der Waals surface area (Å²) in [7, 11) is 0. The van der Waals surface area contributed by atoms with Crippen molar-refractivity contribution in [3.05, 3.63) is 23.7 Å². The van der Waals surface area contributed by atoms with Crippen LogP contribution in [0.15, 0.2) is 16.5 Å². The van der Waals surface area contributed by atoms with Gasteiger partial charge in [-0.25, -0.2) is 4.79 Å². The monoisotopic (exact) mass is 298 g/mol. The third kappa shape index (κ3) is 7.15. The second kappa shape index (κ2) is 6.95. The number of carbonyl (C=O) groups excluding carboxylic acids is 1. The van der Waals surface area contributed by atoms with E-state index in [2.05, 4.69) is 10.6 Å². The van der Waals surface area contributed by atoms with Crippen LogP contribution in [-0.2, 0) is 17.9 Å². The quantitative estimate of drug-likeness (QED) is 0.749. The summed E-state index contributed by atoms with van der Waals surface area (Å²) >= 11 is 0. The lowest BCUT2D eigenvalue weighted by Gasteiger charge is -2.28. The lowest BCUT2D eigenvalue weighted by molar-refractivity contribution is 0.0472. The summed E-state index contributed by atoms with van der Waals surface area (Å²) < 4.78 is 10.6. The molecule has 0 unspecified atom stereocenters. The Labute approximate surface area is 125 Å². The zero-order valence-electron chi connectivity index (χ0n) is 13.4. The average molecular weight is 298 g/mol. The van der Waals surface area contributed by atoms with Gasteiger partial charge in [0.2, 0.25) is 0 Å². The maximum atomic E-state index is 11.7. The molecule has 0 saturated heterocycles. The number of aliphatic hydroxyl groups is 1. The van der Waals surface area contributed by atoms with E-state index in [0.717, 1.165) is 5.76 Å². The highest BCUT2D eigenvalue weighted by Gasteiger charge is 2.24. The topological polar surface area (TPSA) is 83.7 Å². The van der Waals surface area contributed by atoms with Gasteiger partial charge >= 0.3 is 6.09 Å². The second-order valence-corrected chi connectivity index (χ2v) is 6.64. The first-order chi connectivity index (χ1) is 9.61. The van der Waals surface area contributed by atoms with Gasteiger partial charge in [-0.1, -0.05) is 0 Å². The number of furan rings is 1. The van der Waals surface area contributed by atoms with E-state index in [1.165, 1.54) is 0 Å². The van der Waals surface area contributed by atoms with Crippen LogP contribution in [0.1, 0.15) is 46.1 Å². The van der Waals surface area contributed by atoms with Gasteiger partial charge in [-0.15, -0.1) is 0 Å². The minimum Gasteiger partial charge on any atom is -0.462 e. The van der Waals surface area contributed by atoms with Crippen molar-refractivity contribution in [3.8, 4) is 0 Å². The van der Waals surface area contributed by atoms with Crippen LogP contribution in [-0.4, -0.2) is 28.9 Å². The van der Waals surface area contributed by atoms with Gasteiger partial charge in [0.25, 0.3) is 0 Å². The van der Waals surface area contributed by atoms with Crippen LogP contribution >= 0.6 is 0 Å². The molecule has 0 radical (unpaired) electrons. The van der Waals surface area contributed by atoms with Crippen molar-refractivity contribution < 1.29 is 19.1 Å². The summed E-state index contributed by atoms with van der Waals surface area (Å²) in [6.07, 6.45) is -0.435. The van der Waals surface area contributed by atoms with Gasteiger partial charge in [0, 0.05) is 6.54 Å². The molecule has 0 aliphatic rings. The molecule has 0 aliphatic carbocycles. The van der Waals surface area contributed by atoms with Crippen molar-refractivity contribution in [1.82, 2.24) is 10.6 Å². The SMILES string of the molecule is CC(C)(CNCc1ccc(CO)o1)NC(=O)OC(C)(C)C. The molecule has 0 aliphatic heterocycles. The normalized spacial score (nSPS) is 12.3. The Balaban J connectivity index is 2.36. The number of rotatable bonds is 6. The first-order valence-electron chi connectivity index (χ1n) is 7.02. The molecule has 6 nitrogen and oxygen atoms in total. The number of amides is 1. The van der Waals surface area contributed by atoms with E-state index in [0.29, 0.717) is 18.8 Å². The van der Waals surface area contributed by atoms with Crippen molar-refractivity contribution in [2.24, 2.45) is 0 Å². The predicted molar refractivity (Wildman–Crippen MR) is 79.8 cm³/mol.